The number of nitrogens with zero attached hydrogens (tertiary/aromatic N) is 1. The zero-order valence-electron chi connectivity index (χ0n) is 7.15. The Morgan fingerprint density at radius 3 is 3.00 bits per heavy atom. The van der Waals surface area contributed by atoms with Gasteiger partial charge in [-0.15, -0.1) is 0 Å². The minimum absolute atomic E-state index is 1.07. The summed E-state index contributed by atoms with van der Waals surface area (Å²) in [6, 6.07) is 0. The molecule has 0 aliphatic rings. The molecule has 1 rings (SSSR count). The lowest BCUT2D eigenvalue weighted by Gasteiger charge is -1.98. The Morgan fingerprint density at radius 2 is 2.45 bits per heavy atom. The molecule has 1 aromatic rings. The summed E-state index contributed by atoms with van der Waals surface area (Å²) in [5.74, 6) is 0. The number of nitrogens with one attached hydrogen (secondary N) is 2. The first-order chi connectivity index (χ1) is 5.34. The lowest BCUT2D eigenvalue weighted by molar-refractivity contribution is 0.711. The van der Waals surface area contributed by atoms with E-state index in [1.165, 1.54) is 17.7 Å². The summed E-state index contributed by atoms with van der Waals surface area (Å²) >= 11 is 0. The second kappa shape index (κ2) is 4.13. The van der Waals surface area contributed by atoms with E-state index in [1.807, 2.05) is 13.2 Å². The molecule has 0 amide bonds. The Kier molecular flexibility index (Phi) is 3.11. The summed E-state index contributed by atoms with van der Waals surface area (Å²) in [4.78, 5) is 0. The van der Waals surface area contributed by atoms with Crippen molar-refractivity contribution in [3.05, 3.63) is 17.5 Å². The molecule has 3 nitrogen and oxygen atoms in total. The van der Waals surface area contributed by atoms with Crippen LogP contribution in [0, 0.1) is 6.92 Å². The molecule has 62 valence electrons. The molecule has 0 aliphatic heterocycles. The Bertz CT molecular complexity index is 205. The van der Waals surface area contributed by atoms with Crippen LogP contribution in [0.1, 0.15) is 17.7 Å². The highest BCUT2D eigenvalue weighted by atomic mass is 15.1. The van der Waals surface area contributed by atoms with Gasteiger partial charge in [0, 0.05) is 5.69 Å². The minimum atomic E-state index is 1.07. The van der Waals surface area contributed by atoms with Gasteiger partial charge in [0.2, 0.25) is 0 Å². The SMILES string of the molecule is CNCCCc1[nH]ncc1C. The van der Waals surface area contributed by atoms with Gasteiger partial charge in [0.15, 0.2) is 0 Å². The van der Waals surface area contributed by atoms with Crippen molar-refractivity contribution in [2.75, 3.05) is 13.6 Å². The van der Waals surface area contributed by atoms with Crippen LogP contribution in [0.4, 0.5) is 0 Å². The third-order valence-corrected chi connectivity index (χ3v) is 1.79. The topological polar surface area (TPSA) is 40.7 Å². The van der Waals surface area contributed by atoms with Crippen LogP contribution in [0.5, 0.6) is 0 Å². The lowest BCUT2D eigenvalue weighted by atomic mass is 10.2. The van der Waals surface area contributed by atoms with Crippen LogP contribution in [-0.4, -0.2) is 23.8 Å². The molecule has 0 aromatic carbocycles. The van der Waals surface area contributed by atoms with Gasteiger partial charge in [0.25, 0.3) is 0 Å². The molecule has 0 radical (unpaired) electrons. The predicted octanol–water partition coefficient (Wildman–Crippen LogP) is 0.870. The molecule has 0 fully saturated rings. The number of aryl methyl sites for hydroxylation is 2. The van der Waals surface area contributed by atoms with Crippen molar-refractivity contribution < 1.29 is 0 Å². The van der Waals surface area contributed by atoms with Gasteiger partial charge in [-0.25, -0.2) is 0 Å². The van der Waals surface area contributed by atoms with E-state index in [0.717, 1.165) is 13.0 Å². The van der Waals surface area contributed by atoms with E-state index in [2.05, 4.69) is 22.4 Å². The van der Waals surface area contributed by atoms with E-state index < -0.39 is 0 Å². The highest BCUT2D eigenvalue weighted by molar-refractivity contribution is 5.13. The highest BCUT2D eigenvalue weighted by Crippen LogP contribution is 2.03. The zero-order chi connectivity index (χ0) is 8.10. The first kappa shape index (κ1) is 8.27. The molecule has 0 spiro atoms. The van der Waals surface area contributed by atoms with E-state index in [1.54, 1.807) is 0 Å². The molecule has 0 unspecified atom stereocenters. The molecule has 0 aliphatic carbocycles. The van der Waals surface area contributed by atoms with Crippen molar-refractivity contribution in [1.82, 2.24) is 15.5 Å². The van der Waals surface area contributed by atoms with Crippen molar-refractivity contribution in [1.29, 1.82) is 0 Å². The van der Waals surface area contributed by atoms with Gasteiger partial charge in [-0.2, -0.15) is 5.10 Å². The fourth-order valence-electron chi connectivity index (χ4n) is 1.07. The fourth-order valence-corrected chi connectivity index (χ4v) is 1.07. The molecule has 11 heavy (non-hydrogen) atoms. The minimum Gasteiger partial charge on any atom is -0.320 e. The van der Waals surface area contributed by atoms with Gasteiger partial charge in [0.1, 0.15) is 0 Å². The van der Waals surface area contributed by atoms with Crippen molar-refractivity contribution in [2.45, 2.75) is 19.8 Å². The molecule has 2 N–H and O–H groups in total. The fraction of sp³-hybridized carbons (Fsp3) is 0.625. The van der Waals surface area contributed by atoms with Crippen LogP contribution >= 0.6 is 0 Å². The zero-order valence-corrected chi connectivity index (χ0v) is 7.15. The Hall–Kier alpha value is -0.830. The van der Waals surface area contributed by atoms with Crippen LogP contribution < -0.4 is 5.32 Å². The average molecular weight is 153 g/mol. The molecular formula is C8H15N3. The highest BCUT2D eigenvalue weighted by Gasteiger charge is 1.97. The average Bonchev–Trinajstić information content (AvgIpc) is 2.37. The van der Waals surface area contributed by atoms with Crippen LogP contribution in [0.25, 0.3) is 0 Å². The first-order valence-electron chi connectivity index (χ1n) is 3.98. The standard InChI is InChI=1S/C8H15N3/c1-7-6-10-11-8(7)4-3-5-9-2/h6,9H,3-5H2,1-2H3,(H,10,11). The first-order valence-corrected chi connectivity index (χ1v) is 3.98. The summed E-state index contributed by atoms with van der Waals surface area (Å²) in [7, 11) is 1.97. The summed E-state index contributed by atoms with van der Waals surface area (Å²) in [5.41, 5.74) is 2.53. The van der Waals surface area contributed by atoms with Crippen LogP contribution in [0.3, 0.4) is 0 Å². The summed E-state index contributed by atoms with van der Waals surface area (Å²) in [6.07, 6.45) is 4.13. The molecule has 1 heterocycles. The van der Waals surface area contributed by atoms with E-state index in [0.29, 0.717) is 0 Å². The van der Waals surface area contributed by atoms with Crippen LogP contribution in [0.15, 0.2) is 6.20 Å². The third-order valence-electron chi connectivity index (χ3n) is 1.79. The maximum absolute atomic E-state index is 3.96. The van der Waals surface area contributed by atoms with Crippen molar-refractivity contribution in [3.8, 4) is 0 Å². The van der Waals surface area contributed by atoms with Crippen LogP contribution in [-0.2, 0) is 6.42 Å². The molecule has 3 heteroatoms. The molecule has 0 atom stereocenters. The van der Waals surface area contributed by atoms with Gasteiger partial charge in [-0.1, -0.05) is 0 Å². The smallest absolute Gasteiger partial charge is 0.0519 e. The Balaban J connectivity index is 2.32. The number of aromatic amines is 1. The van der Waals surface area contributed by atoms with Crippen LogP contribution in [0.2, 0.25) is 0 Å². The monoisotopic (exact) mass is 153 g/mol. The van der Waals surface area contributed by atoms with E-state index in [9.17, 15) is 0 Å². The molecule has 0 saturated carbocycles. The number of H-pyrrole nitrogens is 1. The van der Waals surface area contributed by atoms with Gasteiger partial charge in [-0.05, 0) is 38.9 Å². The summed E-state index contributed by atoms with van der Waals surface area (Å²) in [6.45, 7) is 3.15. The maximum Gasteiger partial charge on any atom is 0.0519 e. The largest absolute Gasteiger partial charge is 0.320 e. The molecular weight excluding hydrogens is 138 g/mol. The lowest BCUT2D eigenvalue weighted by Crippen LogP contribution is -2.08. The van der Waals surface area contributed by atoms with Gasteiger partial charge < -0.3 is 5.32 Å². The van der Waals surface area contributed by atoms with Crippen molar-refractivity contribution in [2.24, 2.45) is 0 Å². The Labute approximate surface area is 67.2 Å². The van der Waals surface area contributed by atoms with E-state index in [-0.39, 0.29) is 0 Å². The Morgan fingerprint density at radius 1 is 1.64 bits per heavy atom. The second-order valence-electron chi connectivity index (χ2n) is 2.74. The number of rotatable bonds is 4. The summed E-state index contributed by atoms with van der Waals surface area (Å²) in [5, 5.41) is 10.1. The van der Waals surface area contributed by atoms with Gasteiger partial charge in [0.05, 0.1) is 6.20 Å². The van der Waals surface area contributed by atoms with Gasteiger partial charge in [-0.3, -0.25) is 5.10 Å². The normalized spacial score (nSPS) is 10.4. The van der Waals surface area contributed by atoms with E-state index >= 15 is 0 Å². The quantitative estimate of drug-likeness (QED) is 0.630. The van der Waals surface area contributed by atoms with Crippen molar-refractivity contribution >= 4 is 0 Å². The van der Waals surface area contributed by atoms with Gasteiger partial charge >= 0.3 is 0 Å². The molecule has 0 saturated heterocycles. The summed E-state index contributed by atoms with van der Waals surface area (Å²) < 4.78 is 0. The number of hydrogen-bond donors (Lipinski definition) is 2. The molecule has 0 bridgehead atoms. The molecule has 1 aromatic heterocycles. The second-order valence-corrected chi connectivity index (χ2v) is 2.74. The number of hydrogen-bond acceptors (Lipinski definition) is 2. The van der Waals surface area contributed by atoms with E-state index in [4.69, 9.17) is 0 Å². The van der Waals surface area contributed by atoms with Crippen molar-refractivity contribution in [3.63, 3.8) is 0 Å². The third kappa shape index (κ3) is 2.35. The predicted molar refractivity (Wildman–Crippen MR) is 45.6 cm³/mol. The maximum atomic E-state index is 3.96. The number of aromatic nitrogens is 2.